The molecule has 2 N–H and O–H groups in total. The highest BCUT2D eigenvalue weighted by molar-refractivity contribution is 6.10. The monoisotopic (exact) mass is 438 g/mol. The summed E-state index contributed by atoms with van der Waals surface area (Å²) in [6.07, 6.45) is 2.40. The van der Waals surface area contributed by atoms with Crippen molar-refractivity contribution in [3.8, 4) is 5.75 Å². The Bertz CT molecular complexity index is 1100. The van der Waals surface area contributed by atoms with E-state index in [0.717, 1.165) is 23.5 Å². The number of hydrogen-bond acceptors (Lipinski definition) is 6. The summed E-state index contributed by atoms with van der Waals surface area (Å²) < 4.78 is 12.1. The molecule has 2 aromatic heterocycles. The highest BCUT2D eigenvalue weighted by Crippen LogP contribution is 2.33. The highest BCUT2D eigenvalue weighted by Gasteiger charge is 2.25. The summed E-state index contributed by atoms with van der Waals surface area (Å²) in [5.74, 6) is 0.440. The second-order valence-electron chi connectivity index (χ2n) is 8.02. The van der Waals surface area contributed by atoms with Crippen molar-refractivity contribution in [2.45, 2.75) is 33.7 Å². The van der Waals surface area contributed by atoms with Crippen molar-refractivity contribution >= 4 is 34.3 Å². The van der Waals surface area contributed by atoms with Gasteiger partial charge in [0, 0.05) is 25.4 Å². The fourth-order valence-electron chi connectivity index (χ4n) is 3.51. The molecule has 32 heavy (non-hydrogen) atoms. The molecule has 1 amide bonds. The van der Waals surface area contributed by atoms with E-state index in [9.17, 15) is 9.59 Å². The van der Waals surface area contributed by atoms with Crippen molar-refractivity contribution in [1.29, 1.82) is 0 Å². The number of anilines is 2. The number of fused-ring (bicyclic) bond motifs is 1. The molecule has 2 heterocycles. The zero-order chi connectivity index (χ0) is 23.3. The van der Waals surface area contributed by atoms with Crippen LogP contribution >= 0.6 is 0 Å². The molecule has 170 valence electrons. The van der Waals surface area contributed by atoms with Gasteiger partial charge in [-0.3, -0.25) is 4.79 Å². The largest absolute Gasteiger partial charge is 0.497 e. The highest BCUT2D eigenvalue weighted by atomic mass is 16.5. The molecule has 1 aromatic carbocycles. The summed E-state index contributed by atoms with van der Waals surface area (Å²) in [5.41, 5.74) is 3.20. The number of aryl methyl sites for hydroxylation is 2. The van der Waals surface area contributed by atoms with Gasteiger partial charge in [0.1, 0.15) is 11.4 Å². The number of nitrogens with one attached hydrogen (secondary N) is 2. The topological polar surface area (TPSA) is 94.5 Å². The van der Waals surface area contributed by atoms with Crippen LogP contribution in [0.2, 0.25) is 0 Å². The van der Waals surface area contributed by atoms with Crippen molar-refractivity contribution in [3.05, 3.63) is 47.8 Å². The van der Waals surface area contributed by atoms with E-state index in [1.165, 1.54) is 14.0 Å². The summed E-state index contributed by atoms with van der Waals surface area (Å²) >= 11 is 0. The molecular weight excluding hydrogens is 408 g/mol. The summed E-state index contributed by atoms with van der Waals surface area (Å²) in [5, 5.41) is 6.84. The third kappa shape index (κ3) is 5.19. The van der Waals surface area contributed by atoms with Gasteiger partial charge in [-0.1, -0.05) is 26.0 Å². The molecule has 0 aliphatic rings. The van der Waals surface area contributed by atoms with Gasteiger partial charge in [0.2, 0.25) is 5.91 Å². The first kappa shape index (κ1) is 23.1. The molecule has 0 aliphatic carbocycles. The van der Waals surface area contributed by atoms with Crippen molar-refractivity contribution in [3.63, 3.8) is 0 Å². The van der Waals surface area contributed by atoms with Crippen LogP contribution in [0.15, 0.2) is 36.5 Å². The van der Waals surface area contributed by atoms with Gasteiger partial charge in [-0.15, -0.1) is 0 Å². The fourth-order valence-corrected chi connectivity index (χ4v) is 3.51. The number of esters is 1. The van der Waals surface area contributed by atoms with E-state index < -0.39 is 5.97 Å². The molecular formula is C24H30N4O4. The third-order valence-corrected chi connectivity index (χ3v) is 5.08. The van der Waals surface area contributed by atoms with Gasteiger partial charge in [-0.25, -0.2) is 9.78 Å². The van der Waals surface area contributed by atoms with Crippen LogP contribution in [-0.2, 0) is 22.5 Å². The Morgan fingerprint density at radius 2 is 1.88 bits per heavy atom. The number of amides is 1. The maximum Gasteiger partial charge on any atom is 0.356 e. The number of benzene rings is 1. The number of hydrogen-bond donors (Lipinski definition) is 2. The van der Waals surface area contributed by atoms with Gasteiger partial charge in [0.25, 0.3) is 0 Å². The van der Waals surface area contributed by atoms with Crippen LogP contribution in [0.1, 0.15) is 36.8 Å². The SMILES string of the molecule is COC(=O)c1c(NC(C)=O)c2cc(NCC(C)C)cnc2n1CCc1ccc(OC)cc1. The van der Waals surface area contributed by atoms with Crippen LogP contribution in [0.4, 0.5) is 11.4 Å². The molecule has 0 unspecified atom stereocenters. The average Bonchev–Trinajstić information content (AvgIpc) is 3.08. The number of carbonyl (C=O) groups is 2. The smallest absolute Gasteiger partial charge is 0.356 e. The average molecular weight is 439 g/mol. The zero-order valence-electron chi connectivity index (χ0n) is 19.2. The van der Waals surface area contributed by atoms with Gasteiger partial charge >= 0.3 is 5.97 Å². The molecule has 0 saturated carbocycles. The van der Waals surface area contributed by atoms with Gasteiger partial charge < -0.3 is 24.7 Å². The molecule has 0 fully saturated rings. The lowest BCUT2D eigenvalue weighted by molar-refractivity contribution is -0.114. The van der Waals surface area contributed by atoms with Gasteiger partial charge in [0.05, 0.1) is 31.8 Å². The van der Waals surface area contributed by atoms with E-state index in [0.29, 0.717) is 35.6 Å². The molecule has 0 saturated heterocycles. The Kier molecular flexibility index (Phi) is 7.35. The van der Waals surface area contributed by atoms with Crippen molar-refractivity contribution in [2.24, 2.45) is 5.92 Å². The first-order valence-electron chi connectivity index (χ1n) is 10.6. The number of ether oxygens (including phenoxy) is 2. The molecule has 8 heteroatoms. The Hall–Kier alpha value is -3.55. The number of nitrogens with zero attached hydrogens (tertiary/aromatic N) is 2. The third-order valence-electron chi connectivity index (χ3n) is 5.08. The molecule has 0 spiro atoms. The van der Waals surface area contributed by atoms with Crippen molar-refractivity contribution in [1.82, 2.24) is 9.55 Å². The van der Waals surface area contributed by atoms with Crippen LogP contribution in [-0.4, -0.2) is 42.2 Å². The van der Waals surface area contributed by atoms with E-state index in [-0.39, 0.29) is 11.6 Å². The first-order valence-corrected chi connectivity index (χ1v) is 10.6. The van der Waals surface area contributed by atoms with Crippen LogP contribution < -0.4 is 15.4 Å². The molecule has 0 atom stereocenters. The quantitative estimate of drug-likeness (QED) is 0.489. The maximum atomic E-state index is 12.7. The minimum Gasteiger partial charge on any atom is -0.497 e. The second-order valence-corrected chi connectivity index (χ2v) is 8.02. The number of carbonyl (C=O) groups excluding carboxylic acids is 2. The Labute approximate surface area is 187 Å². The molecule has 3 aromatic rings. The van der Waals surface area contributed by atoms with Crippen LogP contribution in [0.5, 0.6) is 5.75 Å². The lowest BCUT2D eigenvalue weighted by atomic mass is 10.1. The molecule has 0 radical (unpaired) electrons. The van der Waals surface area contributed by atoms with Gasteiger partial charge in [0.15, 0.2) is 5.69 Å². The minimum atomic E-state index is -0.529. The number of methoxy groups -OCH3 is 2. The van der Waals surface area contributed by atoms with Crippen LogP contribution in [0, 0.1) is 5.92 Å². The molecule has 3 rings (SSSR count). The van der Waals surface area contributed by atoms with E-state index in [1.54, 1.807) is 13.3 Å². The number of pyridine rings is 1. The number of aromatic nitrogens is 2. The van der Waals surface area contributed by atoms with E-state index >= 15 is 0 Å². The van der Waals surface area contributed by atoms with Crippen LogP contribution in [0.3, 0.4) is 0 Å². The standard InChI is InChI=1S/C24H30N4O4/c1-15(2)13-25-18-12-20-21(27-16(3)29)22(24(30)32-5)28(23(20)26-14-18)11-10-17-6-8-19(31-4)9-7-17/h6-9,12,14-15,25H,10-11,13H2,1-5H3,(H,27,29). The van der Waals surface area contributed by atoms with E-state index in [1.807, 2.05) is 34.9 Å². The second kappa shape index (κ2) is 10.2. The number of rotatable bonds is 9. The zero-order valence-corrected chi connectivity index (χ0v) is 19.2. The Morgan fingerprint density at radius 1 is 1.16 bits per heavy atom. The van der Waals surface area contributed by atoms with Gasteiger partial charge in [-0.05, 0) is 36.1 Å². The first-order chi connectivity index (χ1) is 15.3. The van der Waals surface area contributed by atoms with Crippen molar-refractivity contribution in [2.75, 3.05) is 31.4 Å². The van der Waals surface area contributed by atoms with Crippen molar-refractivity contribution < 1.29 is 19.1 Å². The molecule has 0 aliphatic heterocycles. The molecule has 0 bridgehead atoms. The van der Waals surface area contributed by atoms with Gasteiger partial charge in [-0.2, -0.15) is 0 Å². The summed E-state index contributed by atoms with van der Waals surface area (Å²) in [4.78, 5) is 29.3. The minimum absolute atomic E-state index is 0.273. The lowest BCUT2D eigenvalue weighted by Crippen LogP contribution is -2.16. The predicted molar refractivity (Wildman–Crippen MR) is 125 cm³/mol. The lowest BCUT2D eigenvalue weighted by Gasteiger charge is -2.11. The molecule has 8 nitrogen and oxygen atoms in total. The van der Waals surface area contributed by atoms with Crippen LogP contribution in [0.25, 0.3) is 11.0 Å². The Balaban J connectivity index is 2.06. The Morgan fingerprint density at radius 3 is 2.47 bits per heavy atom. The predicted octanol–water partition coefficient (Wildman–Crippen LogP) is 4.10. The van der Waals surface area contributed by atoms with E-state index in [4.69, 9.17) is 9.47 Å². The maximum absolute atomic E-state index is 12.7. The van der Waals surface area contributed by atoms with E-state index in [2.05, 4.69) is 29.5 Å². The fraction of sp³-hybridized carbons (Fsp3) is 0.375. The summed E-state index contributed by atoms with van der Waals surface area (Å²) in [7, 11) is 2.96. The normalized spacial score (nSPS) is 10.9. The summed E-state index contributed by atoms with van der Waals surface area (Å²) in [6, 6.07) is 9.68. The summed E-state index contributed by atoms with van der Waals surface area (Å²) in [6.45, 7) is 6.92.